The van der Waals surface area contributed by atoms with Crippen molar-refractivity contribution < 1.29 is 19.8 Å². The summed E-state index contributed by atoms with van der Waals surface area (Å²) < 4.78 is 0. The molecule has 0 spiro atoms. The Morgan fingerprint density at radius 3 is 2.95 bits per heavy atom. The third kappa shape index (κ3) is 3.42. The van der Waals surface area contributed by atoms with E-state index in [0.29, 0.717) is 18.1 Å². The maximum atomic E-state index is 11.8. The van der Waals surface area contributed by atoms with Crippen molar-refractivity contribution in [2.45, 2.75) is 13.0 Å². The molecule has 0 aromatic carbocycles. The number of aromatic nitrogens is 1. The average Bonchev–Trinajstić information content (AvgIpc) is 3.04. The maximum Gasteiger partial charge on any atom is 0.355 e. The molecule has 0 aliphatic carbocycles. The summed E-state index contributed by atoms with van der Waals surface area (Å²) in [7, 11) is 0. The number of carboxylic acid groups (broad SMARTS) is 1. The molecule has 2 amide bonds. The largest absolute Gasteiger partial charge is 0.476 e. The van der Waals surface area contributed by atoms with Gasteiger partial charge in [0.05, 0.1) is 6.54 Å². The van der Waals surface area contributed by atoms with Crippen LogP contribution in [0.4, 0.5) is 4.79 Å². The van der Waals surface area contributed by atoms with Gasteiger partial charge >= 0.3 is 12.0 Å². The zero-order chi connectivity index (χ0) is 13.8. The van der Waals surface area contributed by atoms with Gasteiger partial charge in [-0.3, -0.25) is 0 Å². The van der Waals surface area contributed by atoms with Gasteiger partial charge in [-0.1, -0.05) is 0 Å². The highest BCUT2D eigenvalue weighted by atomic mass is 32.1. The van der Waals surface area contributed by atoms with E-state index in [0.717, 1.165) is 6.42 Å². The number of aliphatic hydroxyl groups excluding tert-OH is 1. The summed E-state index contributed by atoms with van der Waals surface area (Å²) in [6, 6.07) is -0.206. The van der Waals surface area contributed by atoms with E-state index in [2.05, 4.69) is 10.3 Å². The molecular weight excluding hydrogens is 270 g/mol. The van der Waals surface area contributed by atoms with E-state index in [1.807, 2.05) is 0 Å². The van der Waals surface area contributed by atoms with Gasteiger partial charge in [0.2, 0.25) is 0 Å². The first-order chi connectivity index (χ1) is 9.10. The van der Waals surface area contributed by atoms with Gasteiger partial charge in [-0.25, -0.2) is 14.6 Å². The predicted molar refractivity (Wildman–Crippen MR) is 68.1 cm³/mol. The summed E-state index contributed by atoms with van der Waals surface area (Å²) >= 11 is 1.20. The summed E-state index contributed by atoms with van der Waals surface area (Å²) in [6.45, 7) is 1.51. The van der Waals surface area contributed by atoms with Crippen molar-refractivity contribution >= 4 is 23.3 Å². The number of nitrogens with one attached hydrogen (secondary N) is 1. The molecule has 1 saturated heterocycles. The minimum absolute atomic E-state index is 0.00392. The van der Waals surface area contributed by atoms with Crippen LogP contribution in [-0.2, 0) is 6.54 Å². The van der Waals surface area contributed by atoms with Crippen LogP contribution in [0.15, 0.2) is 5.38 Å². The number of amides is 2. The minimum Gasteiger partial charge on any atom is -0.476 e. The average molecular weight is 285 g/mol. The highest BCUT2D eigenvalue weighted by Crippen LogP contribution is 2.15. The van der Waals surface area contributed by atoms with E-state index < -0.39 is 5.97 Å². The summed E-state index contributed by atoms with van der Waals surface area (Å²) in [5, 5.41) is 22.4. The number of urea groups is 1. The lowest BCUT2D eigenvalue weighted by molar-refractivity contribution is 0.0691. The first kappa shape index (κ1) is 13.8. The zero-order valence-electron chi connectivity index (χ0n) is 10.2. The molecule has 2 heterocycles. The van der Waals surface area contributed by atoms with Gasteiger partial charge in [0, 0.05) is 31.0 Å². The van der Waals surface area contributed by atoms with E-state index in [1.54, 1.807) is 4.90 Å². The third-order valence-electron chi connectivity index (χ3n) is 2.99. The Morgan fingerprint density at radius 1 is 1.58 bits per heavy atom. The van der Waals surface area contributed by atoms with Gasteiger partial charge in [-0.05, 0) is 6.42 Å². The Balaban J connectivity index is 1.81. The van der Waals surface area contributed by atoms with Gasteiger partial charge < -0.3 is 20.4 Å². The number of hydrogen-bond donors (Lipinski definition) is 3. The van der Waals surface area contributed by atoms with E-state index in [-0.39, 0.29) is 30.8 Å². The third-order valence-corrected chi connectivity index (χ3v) is 3.84. The van der Waals surface area contributed by atoms with Gasteiger partial charge in [-0.15, -0.1) is 11.3 Å². The Kier molecular flexibility index (Phi) is 4.33. The highest BCUT2D eigenvalue weighted by Gasteiger charge is 2.25. The van der Waals surface area contributed by atoms with Crippen molar-refractivity contribution in [2.75, 3.05) is 19.7 Å². The second-order valence-corrected chi connectivity index (χ2v) is 5.32. The van der Waals surface area contributed by atoms with Crippen LogP contribution < -0.4 is 5.32 Å². The van der Waals surface area contributed by atoms with Crippen molar-refractivity contribution in [1.82, 2.24) is 15.2 Å². The molecule has 0 radical (unpaired) electrons. The number of aliphatic hydroxyl groups is 1. The summed E-state index contributed by atoms with van der Waals surface area (Å²) in [5.41, 5.74) is -0.00392. The van der Waals surface area contributed by atoms with Crippen molar-refractivity contribution in [3.05, 3.63) is 16.1 Å². The number of rotatable bonds is 4. The van der Waals surface area contributed by atoms with E-state index in [1.165, 1.54) is 16.7 Å². The minimum atomic E-state index is -1.07. The Hall–Kier alpha value is -1.67. The Bertz CT molecular complexity index is 476. The highest BCUT2D eigenvalue weighted by molar-refractivity contribution is 7.09. The summed E-state index contributed by atoms with van der Waals surface area (Å²) in [4.78, 5) is 28.0. The van der Waals surface area contributed by atoms with Crippen LogP contribution in [-0.4, -0.2) is 51.8 Å². The molecule has 2 rings (SSSR count). The fourth-order valence-electron chi connectivity index (χ4n) is 1.92. The van der Waals surface area contributed by atoms with Crippen LogP contribution in [0.2, 0.25) is 0 Å². The number of carbonyl (C=O) groups is 2. The number of carbonyl (C=O) groups excluding carboxylic acids is 1. The first-order valence-corrected chi connectivity index (χ1v) is 6.79. The molecule has 19 heavy (non-hydrogen) atoms. The summed E-state index contributed by atoms with van der Waals surface area (Å²) in [6.07, 6.45) is 0.810. The lowest BCUT2D eigenvalue weighted by atomic mass is 10.1. The molecule has 1 aliphatic rings. The van der Waals surface area contributed by atoms with Crippen molar-refractivity contribution in [2.24, 2.45) is 5.92 Å². The molecule has 1 aliphatic heterocycles. The standard InChI is InChI=1S/C11H15N3O4S/c15-5-7-1-2-14(4-7)11(18)12-3-9-13-8(6-19-9)10(16)17/h6-7,15H,1-5H2,(H,12,18)(H,16,17). The fraction of sp³-hybridized carbons (Fsp3) is 0.545. The van der Waals surface area contributed by atoms with E-state index in [4.69, 9.17) is 10.2 Å². The second kappa shape index (κ2) is 5.98. The molecule has 0 saturated carbocycles. The molecule has 8 heteroatoms. The molecule has 1 aromatic rings. The monoisotopic (exact) mass is 285 g/mol. The van der Waals surface area contributed by atoms with Crippen LogP contribution in [0.1, 0.15) is 21.9 Å². The van der Waals surface area contributed by atoms with Crippen LogP contribution in [0.5, 0.6) is 0 Å². The van der Waals surface area contributed by atoms with Crippen molar-refractivity contribution in [1.29, 1.82) is 0 Å². The lowest BCUT2D eigenvalue weighted by Gasteiger charge is -2.16. The number of aromatic carboxylic acids is 1. The molecule has 1 atom stereocenters. The van der Waals surface area contributed by atoms with Gasteiger partial charge in [-0.2, -0.15) is 0 Å². The number of nitrogens with zero attached hydrogens (tertiary/aromatic N) is 2. The molecule has 1 fully saturated rings. The SMILES string of the molecule is O=C(O)c1csc(CNC(=O)N2CCC(CO)C2)n1. The topological polar surface area (TPSA) is 103 Å². The van der Waals surface area contributed by atoms with Gasteiger partial charge in [0.15, 0.2) is 5.69 Å². The lowest BCUT2D eigenvalue weighted by Crippen LogP contribution is -2.38. The first-order valence-electron chi connectivity index (χ1n) is 5.91. The molecule has 3 N–H and O–H groups in total. The molecule has 7 nitrogen and oxygen atoms in total. The second-order valence-electron chi connectivity index (χ2n) is 4.37. The molecule has 0 bridgehead atoms. The Morgan fingerprint density at radius 2 is 2.37 bits per heavy atom. The maximum absolute atomic E-state index is 11.8. The predicted octanol–water partition coefficient (Wildman–Crippen LogP) is 0.365. The van der Waals surface area contributed by atoms with Gasteiger partial charge in [0.1, 0.15) is 5.01 Å². The molecule has 104 valence electrons. The Labute approximate surface area is 113 Å². The normalized spacial score (nSPS) is 18.6. The van der Waals surface area contributed by atoms with Crippen LogP contribution >= 0.6 is 11.3 Å². The summed E-state index contributed by atoms with van der Waals surface area (Å²) in [5.74, 6) is -0.914. The number of hydrogen-bond acceptors (Lipinski definition) is 5. The molecule has 1 aromatic heterocycles. The number of thiazole rings is 1. The number of likely N-dealkylation sites (tertiary alicyclic amines) is 1. The van der Waals surface area contributed by atoms with Gasteiger partial charge in [0.25, 0.3) is 0 Å². The van der Waals surface area contributed by atoms with Crippen molar-refractivity contribution in [3.63, 3.8) is 0 Å². The molecule has 1 unspecified atom stereocenters. The quantitative estimate of drug-likeness (QED) is 0.741. The van der Waals surface area contributed by atoms with E-state index in [9.17, 15) is 9.59 Å². The van der Waals surface area contributed by atoms with Crippen LogP contribution in [0.3, 0.4) is 0 Å². The number of carboxylic acids is 1. The zero-order valence-corrected chi connectivity index (χ0v) is 11.0. The van der Waals surface area contributed by atoms with Crippen molar-refractivity contribution in [3.8, 4) is 0 Å². The van der Waals surface area contributed by atoms with E-state index >= 15 is 0 Å². The smallest absolute Gasteiger partial charge is 0.355 e. The van der Waals surface area contributed by atoms with Crippen LogP contribution in [0, 0.1) is 5.92 Å². The van der Waals surface area contributed by atoms with Crippen LogP contribution in [0.25, 0.3) is 0 Å². The fourth-order valence-corrected chi connectivity index (χ4v) is 2.63. The molecular formula is C11H15N3O4S.